The van der Waals surface area contributed by atoms with Gasteiger partial charge in [0.1, 0.15) is 9.50 Å². The minimum absolute atomic E-state index is 0.0688. The van der Waals surface area contributed by atoms with Gasteiger partial charge in [0.2, 0.25) is 0 Å². The zero-order chi connectivity index (χ0) is 14.9. The lowest BCUT2D eigenvalue weighted by Gasteiger charge is -2.12. The van der Waals surface area contributed by atoms with E-state index in [2.05, 4.69) is 25.6 Å². The van der Waals surface area contributed by atoms with E-state index >= 15 is 0 Å². The van der Waals surface area contributed by atoms with Crippen molar-refractivity contribution in [3.05, 3.63) is 45.7 Å². The zero-order valence-corrected chi connectivity index (χ0v) is 13.6. The molecule has 0 radical (unpaired) electrons. The molecule has 0 atom stereocenters. The Bertz CT molecular complexity index is 745. The highest BCUT2D eigenvalue weighted by atomic mass is 79.9. The van der Waals surface area contributed by atoms with Crippen molar-refractivity contribution in [2.45, 2.75) is 11.8 Å². The van der Waals surface area contributed by atoms with E-state index in [4.69, 9.17) is 17.3 Å². The summed E-state index contributed by atoms with van der Waals surface area (Å²) in [4.78, 5) is 3.89. The Hall–Kier alpha value is -1.31. The number of nitrogens with zero attached hydrogens (tertiary/aromatic N) is 1. The van der Waals surface area contributed by atoms with E-state index in [1.165, 1.54) is 18.3 Å². The van der Waals surface area contributed by atoms with Gasteiger partial charge in [-0.15, -0.1) is 0 Å². The van der Waals surface area contributed by atoms with Crippen LogP contribution in [0.3, 0.4) is 0 Å². The molecule has 1 aromatic heterocycles. The number of nitrogen functional groups attached to an aromatic ring is 1. The Morgan fingerprint density at radius 3 is 2.70 bits per heavy atom. The second-order valence-electron chi connectivity index (χ2n) is 4.10. The van der Waals surface area contributed by atoms with Crippen molar-refractivity contribution >= 4 is 48.9 Å². The van der Waals surface area contributed by atoms with Gasteiger partial charge in [0.05, 0.1) is 22.6 Å². The number of nitrogens with one attached hydrogen (secondary N) is 1. The normalized spacial score (nSPS) is 11.3. The predicted molar refractivity (Wildman–Crippen MR) is 83.3 cm³/mol. The molecule has 20 heavy (non-hydrogen) atoms. The lowest BCUT2D eigenvalue weighted by Crippen LogP contribution is -2.15. The maximum Gasteiger partial charge on any atom is 0.265 e. The number of benzene rings is 1. The number of aromatic nitrogens is 1. The molecule has 0 amide bonds. The number of sulfonamides is 1. The molecule has 0 spiro atoms. The molecule has 0 saturated heterocycles. The highest BCUT2D eigenvalue weighted by Crippen LogP contribution is 2.29. The molecule has 2 aromatic rings. The Labute approximate surface area is 130 Å². The third kappa shape index (κ3) is 3.05. The average Bonchev–Trinajstić information content (AvgIpc) is 2.33. The first-order valence-corrected chi connectivity index (χ1v) is 8.15. The van der Waals surface area contributed by atoms with Crippen LogP contribution in [0.1, 0.15) is 5.56 Å². The third-order valence-electron chi connectivity index (χ3n) is 2.53. The highest BCUT2D eigenvalue weighted by molar-refractivity contribution is 9.10. The molecule has 5 nitrogen and oxygen atoms in total. The van der Waals surface area contributed by atoms with Gasteiger partial charge in [-0.25, -0.2) is 13.4 Å². The molecule has 1 aromatic carbocycles. The van der Waals surface area contributed by atoms with E-state index in [0.717, 1.165) is 5.56 Å². The van der Waals surface area contributed by atoms with Crippen molar-refractivity contribution in [1.82, 2.24) is 4.98 Å². The SMILES string of the molecule is Cc1cc(NS(=O)(=O)c2c(N)cccc2Cl)cnc1Br. The summed E-state index contributed by atoms with van der Waals surface area (Å²) in [5.41, 5.74) is 6.92. The third-order valence-corrected chi connectivity index (χ3v) is 5.29. The van der Waals surface area contributed by atoms with Crippen molar-refractivity contribution in [2.75, 3.05) is 10.5 Å². The van der Waals surface area contributed by atoms with Gasteiger partial charge in [-0.1, -0.05) is 17.7 Å². The average molecular weight is 377 g/mol. The molecule has 1 heterocycles. The number of hydrogen-bond acceptors (Lipinski definition) is 4. The molecular weight excluding hydrogens is 366 g/mol. The quantitative estimate of drug-likeness (QED) is 0.636. The van der Waals surface area contributed by atoms with Crippen LogP contribution in [0.15, 0.2) is 40.0 Å². The van der Waals surface area contributed by atoms with E-state index < -0.39 is 10.0 Å². The van der Waals surface area contributed by atoms with Crippen LogP contribution in [-0.2, 0) is 10.0 Å². The summed E-state index contributed by atoms with van der Waals surface area (Å²) in [5, 5.41) is 0.0688. The lowest BCUT2D eigenvalue weighted by molar-refractivity contribution is 0.601. The van der Waals surface area contributed by atoms with Gasteiger partial charge in [-0.05, 0) is 46.6 Å². The van der Waals surface area contributed by atoms with Crippen LogP contribution in [0, 0.1) is 6.92 Å². The molecule has 0 unspecified atom stereocenters. The smallest absolute Gasteiger partial charge is 0.265 e. The van der Waals surface area contributed by atoms with Crippen LogP contribution in [0.4, 0.5) is 11.4 Å². The number of hydrogen-bond donors (Lipinski definition) is 2. The van der Waals surface area contributed by atoms with Gasteiger partial charge in [-0.3, -0.25) is 4.72 Å². The fraction of sp³-hybridized carbons (Fsp3) is 0.0833. The first-order chi connectivity index (χ1) is 9.31. The van der Waals surface area contributed by atoms with Crippen LogP contribution < -0.4 is 10.5 Å². The van der Waals surface area contributed by atoms with Gasteiger partial charge >= 0.3 is 0 Å². The Kier molecular flexibility index (Phi) is 4.22. The number of aryl methyl sites for hydroxylation is 1. The van der Waals surface area contributed by atoms with E-state index in [9.17, 15) is 8.42 Å². The summed E-state index contributed by atoms with van der Waals surface area (Å²) in [6, 6.07) is 6.19. The molecule has 106 valence electrons. The van der Waals surface area contributed by atoms with Crippen molar-refractivity contribution in [1.29, 1.82) is 0 Å². The van der Waals surface area contributed by atoms with Crippen LogP contribution in [0.5, 0.6) is 0 Å². The summed E-state index contributed by atoms with van der Waals surface area (Å²) < 4.78 is 27.7. The van der Waals surface area contributed by atoms with E-state index in [0.29, 0.717) is 10.3 Å². The summed E-state index contributed by atoms with van der Waals surface area (Å²) in [6.07, 6.45) is 1.40. The highest BCUT2D eigenvalue weighted by Gasteiger charge is 2.21. The van der Waals surface area contributed by atoms with Gasteiger partial charge in [0.15, 0.2) is 0 Å². The second-order valence-corrected chi connectivity index (χ2v) is 6.87. The predicted octanol–water partition coefficient (Wildman–Crippen LogP) is 3.19. The van der Waals surface area contributed by atoms with Crippen LogP contribution in [0.25, 0.3) is 0 Å². The molecule has 0 fully saturated rings. The minimum atomic E-state index is -3.87. The molecule has 0 bridgehead atoms. The summed E-state index contributed by atoms with van der Waals surface area (Å²) in [5.74, 6) is 0. The number of rotatable bonds is 3. The van der Waals surface area contributed by atoms with Crippen molar-refractivity contribution < 1.29 is 8.42 Å². The zero-order valence-electron chi connectivity index (χ0n) is 10.4. The van der Waals surface area contributed by atoms with Gasteiger partial charge in [0, 0.05) is 0 Å². The number of pyridine rings is 1. The first-order valence-electron chi connectivity index (χ1n) is 5.50. The van der Waals surface area contributed by atoms with Gasteiger partial charge < -0.3 is 5.73 Å². The van der Waals surface area contributed by atoms with Crippen LogP contribution in [0.2, 0.25) is 5.02 Å². The van der Waals surface area contributed by atoms with Gasteiger partial charge in [0.25, 0.3) is 10.0 Å². The summed E-state index contributed by atoms with van der Waals surface area (Å²) in [7, 11) is -3.87. The Morgan fingerprint density at radius 2 is 2.10 bits per heavy atom. The standard InChI is InChI=1S/C12H11BrClN3O2S/c1-7-5-8(6-16-12(7)13)17-20(18,19)11-9(14)3-2-4-10(11)15/h2-6,17H,15H2,1H3. The van der Waals surface area contributed by atoms with E-state index in [1.54, 1.807) is 19.1 Å². The minimum Gasteiger partial charge on any atom is -0.398 e. The molecule has 2 rings (SSSR count). The van der Waals surface area contributed by atoms with E-state index in [-0.39, 0.29) is 15.6 Å². The van der Waals surface area contributed by atoms with Crippen LogP contribution >= 0.6 is 27.5 Å². The summed E-state index contributed by atoms with van der Waals surface area (Å²) in [6.45, 7) is 1.80. The Balaban J connectivity index is 2.43. The van der Waals surface area contributed by atoms with Gasteiger partial charge in [-0.2, -0.15) is 0 Å². The van der Waals surface area contributed by atoms with Crippen molar-refractivity contribution in [2.24, 2.45) is 0 Å². The maximum atomic E-state index is 12.3. The molecule has 8 heteroatoms. The molecule has 0 saturated carbocycles. The Morgan fingerprint density at radius 1 is 1.40 bits per heavy atom. The number of anilines is 2. The molecule has 0 aliphatic rings. The molecular formula is C12H11BrClN3O2S. The van der Waals surface area contributed by atoms with E-state index in [1.807, 2.05) is 0 Å². The topological polar surface area (TPSA) is 85.1 Å². The number of halogens is 2. The number of nitrogens with two attached hydrogens (primary N) is 1. The molecule has 0 aliphatic heterocycles. The largest absolute Gasteiger partial charge is 0.398 e. The monoisotopic (exact) mass is 375 g/mol. The fourth-order valence-corrected chi connectivity index (χ4v) is 3.56. The first kappa shape index (κ1) is 15.1. The second kappa shape index (κ2) is 5.59. The summed E-state index contributed by atoms with van der Waals surface area (Å²) >= 11 is 9.16. The molecule has 3 N–H and O–H groups in total. The fourth-order valence-electron chi connectivity index (χ4n) is 1.63. The van der Waals surface area contributed by atoms with Crippen LogP contribution in [-0.4, -0.2) is 13.4 Å². The van der Waals surface area contributed by atoms with Crippen molar-refractivity contribution in [3.8, 4) is 0 Å². The maximum absolute atomic E-state index is 12.3. The molecule has 0 aliphatic carbocycles. The van der Waals surface area contributed by atoms with Crippen molar-refractivity contribution in [3.63, 3.8) is 0 Å². The lowest BCUT2D eigenvalue weighted by atomic mass is 10.3.